The molecule has 0 unspecified atom stereocenters. The monoisotopic (exact) mass is 324 g/mol. The first kappa shape index (κ1) is 18.2. The molecule has 0 radical (unpaired) electrons. The summed E-state index contributed by atoms with van der Waals surface area (Å²) in [5, 5.41) is 0. The van der Waals surface area contributed by atoms with Crippen molar-refractivity contribution in [1.29, 1.82) is 0 Å². The molecule has 1 aliphatic rings. The van der Waals surface area contributed by atoms with Crippen LogP contribution in [0.15, 0.2) is 12.1 Å². The molecule has 1 heterocycles. The summed E-state index contributed by atoms with van der Waals surface area (Å²) in [7, 11) is 2.41. The highest BCUT2D eigenvalue weighted by molar-refractivity contribution is 6.63. The molecule has 1 aromatic rings. The number of ether oxygens (including phenoxy) is 2. The van der Waals surface area contributed by atoms with E-state index >= 15 is 0 Å². The van der Waals surface area contributed by atoms with E-state index in [0.29, 0.717) is 12.1 Å². The predicted octanol–water partition coefficient (Wildman–Crippen LogP) is 2.88. The van der Waals surface area contributed by atoms with E-state index in [0.717, 1.165) is 5.56 Å². The van der Waals surface area contributed by atoms with Crippen molar-refractivity contribution in [3.63, 3.8) is 0 Å². The number of halogens is 1. The Morgan fingerprint density at radius 3 is 2.17 bits per heavy atom. The normalized spacial score (nSPS) is 20.6. The molecule has 1 aromatic carbocycles. The van der Waals surface area contributed by atoms with E-state index in [9.17, 15) is 4.39 Å². The molecule has 0 spiro atoms. The second-order valence-corrected chi connectivity index (χ2v) is 7.07. The molecular weight excluding hydrogens is 298 g/mol. The van der Waals surface area contributed by atoms with Gasteiger partial charge in [0, 0.05) is 18.5 Å². The van der Waals surface area contributed by atoms with Crippen molar-refractivity contribution >= 4 is 12.6 Å². The third-order valence-electron chi connectivity index (χ3n) is 4.79. The number of benzene rings is 1. The van der Waals surface area contributed by atoms with E-state index in [1.807, 2.05) is 40.7 Å². The Morgan fingerprint density at radius 1 is 1.13 bits per heavy atom. The van der Waals surface area contributed by atoms with Crippen LogP contribution in [0.25, 0.3) is 0 Å². The molecule has 128 valence electrons. The van der Waals surface area contributed by atoms with Crippen LogP contribution in [0.2, 0.25) is 0 Å². The van der Waals surface area contributed by atoms with Gasteiger partial charge in [-0.1, -0.05) is 13.0 Å². The number of methoxy groups -OCH3 is 2. The summed E-state index contributed by atoms with van der Waals surface area (Å²) in [5.74, 6) is -0.198. The van der Waals surface area contributed by atoms with Crippen LogP contribution < -0.4 is 10.2 Å². The van der Waals surface area contributed by atoms with Gasteiger partial charge >= 0.3 is 7.12 Å². The fourth-order valence-corrected chi connectivity index (χ4v) is 2.63. The van der Waals surface area contributed by atoms with E-state index < -0.39 is 24.1 Å². The Hall–Kier alpha value is -1.11. The van der Waals surface area contributed by atoms with Gasteiger partial charge in [0.15, 0.2) is 11.6 Å². The maximum absolute atomic E-state index is 14.5. The van der Waals surface area contributed by atoms with Crippen LogP contribution in [-0.2, 0) is 14.0 Å². The van der Waals surface area contributed by atoms with Crippen molar-refractivity contribution in [3.8, 4) is 5.75 Å². The third kappa shape index (κ3) is 3.39. The smallest absolute Gasteiger partial charge is 0.494 e. The van der Waals surface area contributed by atoms with Gasteiger partial charge in [0.2, 0.25) is 0 Å². The van der Waals surface area contributed by atoms with Gasteiger partial charge in [-0.3, -0.25) is 0 Å². The minimum atomic E-state index is -0.667. The second-order valence-electron chi connectivity index (χ2n) is 7.07. The van der Waals surface area contributed by atoms with Crippen LogP contribution in [0.4, 0.5) is 4.39 Å². The zero-order chi connectivity index (χ0) is 17.4. The maximum Gasteiger partial charge on any atom is 0.498 e. The van der Waals surface area contributed by atoms with Crippen molar-refractivity contribution < 1.29 is 23.2 Å². The number of hydrogen-bond acceptors (Lipinski definition) is 4. The molecule has 0 amide bonds. The SMILES string of the molecule is COC[C@H](C)c1cc(F)c(OC)c(B2OC(C)(C)C(C)(C)O2)c1. The summed E-state index contributed by atoms with van der Waals surface area (Å²) in [5.41, 5.74) is 0.416. The molecule has 1 fully saturated rings. The highest BCUT2D eigenvalue weighted by Gasteiger charge is 2.52. The fraction of sp³-hybridized carbons (Fsp3) is 0.647. The first-order chi connectivity index (χ1) is 10.6. The van der Waals surface area contributed by atoms with Crippen LogP contribution in [0, 0.1) is 5.82 Å². The van der Waals surface area contributed by atoms with Crippen LogP contribution in [0.3, 0.4) is 0 Å². The summed E-state index contributed by atoms with van der Waals surface area (Å²) >= 11 is 0. The van der Waals surface area contributed by atoms with Gasteiger partial charge in [0.05, 0.1) is 24.9 Å². The van der Waals surface area contributed by atoms with Crippen LogP contribution in [-0.4, -0.2) is 39.1 Å². The molecule has 4 nitrogen and oxygen atoms in total. The van der Waals surface area contributed by atoms with Gasteiger partial charge in [0.25, 0.3) is 0 Å². The lowest BCUT2D eigenvalue weighted by atomic mass is 9.76. The minimum Gasteiger partial charge on any atom is -0.494 e. The molecule has 6 heteroatoms. The third-order valence-corrected chi connectivity index (χ3v) is 4.79. The van der Waals surface area contributed by atoms with Crippen molar-refractivity contribution in [1.82, 2.24) is 0 Å². The molecule has 0 bridgehead atoms. The number of hydrogen-bond donors (Lipinski definition) is 0. The molecule has 2 rings (SSSR count). The van der Waals surface area contributed by atoms with Gasteiger partial charge in [-0.2, -0.15) is 0 Å². The highest BCUT2D eigenvalue weighted by atomic mass is 19.1. The highest BCUT2D eigenvalue weighted by Crippen LogP contribution is 2.37. The van der Waals surface area contributed by atoms with Crippen molar-refractivity contribution in [2.24, 2.45) is 0 Å². The zero-order valence-corrected chi connectivity index (χ0v) is 15.0. The summed E-state index contributed by atoms with van der Waals surface area (Å²) in [6.45, 7) is 10.4. The van der Waals surface area contributed by atoms with E-state index in [2.05, 4.69) is 0 Å². The Kier molecular flexibility index (Phi) is 5.09. The van der Waals surface area contributed by atoms with Gasteiger partial charge in [-0.25, -0.2) is 4.39 Å². The molecule has 1 atom stereocenters. The molecule has 0 aromatic heterocycles. The summed E-state index contributed by atoms with van der Waals surface area (Å²) < 4.78 is 37.0. The topological polar surface area (TPSA) is 36.9 Å². The standard InChI is InChI=1S/C17H26BFO4/c1-11(10-20-6)12-8-13(15(21-7)14(19)9-12)18-22-16(2,3)17(4,5)23-18/h8-9,11H,10H2,1-7H3/t11-/m0/s1. The van der Waals surface area contributed by atoms with Crippen molar-refractivity contribution in [3.05, 3.63) is 23.5 Å². The molecule has 1 aliphatic heterocycles. The maximum atomic E-state index is 14.5. The summed E-state index contributed by atoms with van der Waals surface area (Å²) in [4.78, 5) is 0. The zero-order valence-electron chi connectivity index (χ0n) is 15.0. The molecule has 1 saturated heterocycles. The molecular formula is C17H26BFO4. The molecule has 0 N–H and O–H groups in total. The van der Waals surface area contributed by atoms with Gasteiger partial charge in [-0.05, 0) is 39.3 Å². The summed E-state index contributed by atoms with van der Waals surface area (Å²) in [6.07, 6.45) is 0. The van der Waals surface area contributed by atoms with Crippen LogP contribution in [0.1, 0.15) is 46.1 Å². The van der Waals surface area contributed by atoms with E-state index in [4.69, 9.17) is 18.8 Å². The first-order valence-electron chi connectivity index (χ1n) is 7.85. The fourth-order valence-electron chi connectivity index (χ4n) is 2.63. The van der Waals surface area contributed by atoms with Gasteiger partial charge in [-0.15, -0.1) is 0 Å². The molecule has 0 saturated carbocycles. The Balaban J connectivity index is 2.45. The van der Waals surface area contributed by atoms with E-state index in [-0.39, 0.29) is 11.7 Å². The minimum absolute atomic E-state index is 0.0570. The lowest BCUT2D eigenvalue weighted by Gasteiger charge is -2.32. The average Bonchev–Trinajstić information content (AvgIpc) is 2.66. The average molecular weight is 324 g/mol. The largest absolute Gasteiger partial charge is 0.498 e. The van der Waals surface area contributed by atoms with Crippen molar-refractivity contribution in [2.45, 2.75) is 51.7 Å². The van der Waals surface area contributed by atoms with Crippen molar-refractivity contribution in [2.75, 3.05) is 20.8 Å². The lowest BCUT2D eigenvalue weighted by Crippen LogP contribution is -2.41. The van der Waals surface area contributed by atoms with E-state index in [1.54, 1.807) is 7.11 Å². The van der Waals surface area contributed by atoms with Gasteiger partial charge < -0.3 is 18.8 Å². The predicted molar refractivity (Wildman–Crippen MR) is 89.0 cm³/mol. The summed E-state index contributed by atoms with van der Waals surface area (Å²) in [6, 6.07) is 3.37. The Bertz CT molecular complexity index is 558. The second kappa shape index (κ2) is 6.42. The molecule has 0 aliphatic carbocycles. The Labute approximate surface area is 138 Å². The van der Waals surface area contributed by atoms with Gasteiger partial charge in [0.1, 0.15) is 0 Å². The lowest BCUT2D eigenvalue weighted by molar-refractivity contribution is 0.00578. The Morgan fingerprint density at radius 2 is 1.70 bits per heavy atom. The number of rotatable bonds is 5. The van der Waals surface area contributed by atoms with Crippen LogP contribution in [0.5, 0.6) is 5.75 Å². The molecule has 23 heavy (non-hydrogen) atoms. The van der Waals surface area contributed by atoms with Crippen LogP contribution >= 0.6 is 0 Å². The van der Waals surface area contributed by atoms with E-state index in [1.165, 1.54) is 13.2 Å². The first-order valence-corrected chi connectivity index (χ1v) is 7.85. The quantitative estimate of drug-likeness (QED) is 0.781.